The maximum atomic E-state index is 14.8. The van der Waals surface area contributed by atoms with E-state index in [0.717, 1.165) is 32.6 Å². The first-order valence-corrected chi connectivity index (χ1v) is 12.6. The van der Waals surface area contributed by atoms with E-state index in [0.29, 0.717) is 0 Å². The molecule has 7 rings (SSSR count). The Balaban J connectivity index is 1.64. The fraction of sp³-hybridized carbons (Fsp3) is 0.0345. The van der Waals surface area contributed by atoms with Gasteiger partial charge in [0.1, 0.15) is 0 Å². The van der Waals surface area contributed by atoms with Crippen LogP contribution in [-0.2, 0) is 11.6 Å². The molecular formula is C29H20NOP. The molecule has 2 nitrogen and oxygen atoms in total. The number of hydrogen-bond donors (Lipinski definition) is 0. The van der Waals surface area contributed by atoms with E-state index in [2.05, 4.69) is 66.2 Å². The molecule has 1 aromatic heterocycles. The Morgan fingerprint density at radius 1 is 0.594 bits per heavy atom. The molecule has 0 amide bonds. The van der Waals surface area contributed by atoms with Gasteiger partial charge in [0.25, 0.3) is 0 Å². The number of benzene rings is 5. The van der Waals surface area contributed by atoms with Gasteiger partial charge in [-0.3, -0.25) is 0 Å². The molecule has 6 aromatic rings. The van der Waals surface area contributed by atoms with E-state index < -0.39 is 7.14 Å². The molecular weight excluding hydrogens is 409 g/mol. The molecule has 5 aromatic carbocycles. The molecule has 1 unspecified atom stereocenters. The third-order valence-electron chi connectivity index (χ3n) is 6.98. The summed E-state index contributed by atoms with van der Waals surface area (Å²) in [4.78, 5) is 0. The van der Waals surface area contributed by atoms with Gasteiger partial charge in [-0.05, 0) is 46.2 Å². The maximum Gasteiger partial charge on any atom is 0.172 e. The minimum atomic E-state index is -2.93. The van der Waals surface area contributed by atoms with Gasteiger partial charge in [0.05, 0.1) is 0 Å². The van der Waals surface area contributed by atoms with Crippen LogP contribution in [0.25, 0.3) is 43.7 Å². The van der Waals surface area contributed by atoms with Crippen LogP contribution < -0.4 is 15.9 Å². The zero-order valence-electron chi connectivity index (χ0n) is 17.6. The average Bonchev–Trinajstić information content (AvgIpc) is 3.26. The zero-order valence-corrected chi connectivity index (χ0v) is 18.5. The first-order valence-electron chi connectivity index (χ1n) is 10.9. The molecule has 0 fully saturated rings. The van der Waals surface area contributed by atoms with E-state index in [1.807, 2.05) is 48.5 Å². The average molecular weight is 429 g/mol. The van der Waals surface area contributed by atoms with Crippen LogP contribution in [0.5, 0.6) is 0 Å². The zero-order chi connectivity index (χ0) is 21.4. The lowest BCUT2D eigenvalue weighted by Crippen LogP contribution is -2.20. The van der Waals surface area contributed by atoms with Crippen molar-refractivity contribution in [3.8, 4) is 11.1 Å². The third kappa shape index (κ3) is 2.18. The van der Waals surface area contributed by atoms with Gasteiger partial charge in [-0.2, -0.15) is 0 Å². The van der Waals surface area contributed by atoms with Crippen molar-refractivity contribution in [2.24, 2.45) is 7.05 Å². The molecule has 0 bridgehead atoms. The minimum absolute atomic E-state index is 0.898. The van der Waals surface area contributed by atoms with E-state index >= 15 is 0 Å². The van der Waals surface area contributed by atoms with Crippen LogP contribution in [0.4, 0.5) is 0 Å². The van der Waals surface area contributed by atoms with Crippen LogP contribution >= 0.6 is 7.14 Å². The van der Waals surface area contributed by atoms with Crippen LogP contribution in [-0.4, -0.2) is 4.57 Å². The van der Waals surface area contributed by atoms with E-state index in [-0.39, 0.29) is 0 Å². The molecule has 1 aliphatic heterocycles. The van der Waals surface area contributed by atoms with Crippen molar-refractivity contribution in [1.82, 2.24) is 4.57 Å². The maximum absolute atomic E-state index is 14.8. The van der Waals surface area contributed by atoms with Crippen molar-refractivity contribution >= 4 is 55.6 Å². The Labute approximate surface area is 186 Å². The number of aryl methyl sites for hydroxylation is 1. The molecule has 0 aliphatic carbocycles. The highest BCUT2D eigenvalue weighted by Gasteiger charge is 2.40. The third-order valence-corrected chi connectivity index (χ3v) is 10.1. The standard InChI is InChI=1S/C29H20NOP/c1-30-26-16-20-10-6-5-9-19(20)15-23(26)24-17-25-22-13-7-8-14-28(22)32(31,29(25)18-27(24)30)21-11-3-2-4-12-21/h2-18H,1H3. The monoisotopic (exact) mass is 429 g/mol. The van der Waals surface area contributed by atoms with Crippen molar-refractivity contribution in [3.63, 3.8) is 0 Å². The van der Waals surface area contributed by atoms with E-state index in [9.17, 15) is 4.57 Å². The molecule has 0 saturated heterocycles. The van der Waals surface area contributed by atoms with Crippen LogP contribution in [0.2, 0.25) is 0 Å². The van der Waals surface area contributed by atoms with Gasteiger partial charge in [0.15, 0.2) is 7.14 Å². The highest BCUT2D eigenvalue weighted by atomic mass is 31.2. The van der Waals surface area contributed by atoms with Gasteiger partial charge in [0.2, 0.25) is 0 Å². The van der Waals surface area contributed by atoms with Crippen molar-refractivity contribution < 1.29 is 4.57 Å². The van der Waals surface area contributed by atoms with Crippen molar-refractivity contribution in [2.75, 3.05) is 0 Å². The lowest BCUT2D eigenvalue weighted by atomic mass is 10.0. The molecule has 0 spiro atoms. The van der Waals surface area contributed by atoms with Crippen molar-refractivity contribution in [1.29, 1.82) is 0 Å². The number of fused-ring (bicyclic) bond motifs is 7. The summed E-state index contributed by atoms with van der Waals surface area (Å²) in [6.07, 6.45) is 0. The van der Waals surface area contributed by atoms with Crippen LogP contribution in [0.3, 0.4) is 0 Å². The molecule has 0 radical (unpaired) electrons. The Morgan fingerprint density at radius 3 is 2.03 bits per heavy atom. The molecule has 152 valence electrons. The van der Waals surface area contributed by atoms with Crippen molar-refractivity contribution in [2.45, 2.75) is 0 Å². The van der Waals surface area contributed by atoms with Crippen LogP contribution in [0.15, 0.2) is 103 Å². The summed E-state index contributed by atoms with van der Waals surface area (Å²) in [7, 11) is -0.814. The highest BCUT2D eigenvalue weighted by Crippen LogP contribution is 2.53. The number of rotatable bonds is 1. The fourth-order valence-electron chi connectivity index (χ4n) is 5.42. The molecule has 2 heterocycles. The van der Waals surface area contributed by atoms with E-state index in [4.69, 9.17) is 0 Å². The van der Waals surface area contributed by atoms with Gasteiger partial charge < -0.3 is 9.13 Å². The van der Waals surface area contributed by atoms with Crippen LogP contribution in [0.1, 0.15) is 0 Å². The summed E-state index contributed by atoms with van der Waals surface area (Å²) >= 11 is 0. The molecule has 1 aliphatic rings. The molecule has 1 atom stereocenters. The second kappa shape index (κ2) is 6.22. The molecule has 32 heavy (non-hydrogen) atoms. The lowest BCUT2D eigenvalue weighted by Gasteiger charge is -2.16. The predicted octanol–water partition coefficient (Wildman–Crippen LogP) is 6.10. The van der Waals surface area contributed by atoms with E-state index in [1.165, 1.54) is 27.1 Å². The van der Waals surface area contributed by atoms with Crippen molar-refractivity contribution in [3.05, 3.63) is 103 Å². The van der Waals surface area contributed by atoms with E-state index in [1.54, 1.807) is 0 Å². The topological polar surface area (TPSA) is 22.0 Å². The minimum Gasteiger partial charge on any atom is -0.344 e. The molecule has 3 heteroatoms. The van der Waals surface area contributed by atoms with Gasteiger partial charge in [-0.25, -0.2) is 0 Å². The van der Waals surface area contributed by atoms with Crippen LogP contribution in [0, 0.1) is 0 Å². The highest BCUT2D eigenvalue weighted by molar-refractivity contribution is 7.86. The summed E-state index contributed by atoms with van der Waals surface area (Å²) in [6, 6.07) is 35.7. The fourth-order valence-corrected chi connectivity index (χ4v) is 8.49. The Hall–Kier alpha value is -3.61. The molecule has 0 N–H and O–H groups in total. The normalized spacial score (nSPS) is 17.2. The SMILES string of the molecule is Cn1c2cc3c(cc2c2cc4ccccc4cc21)-c1ccccc1P3(=O)c1ccccc1. The number of nitrogens with zero attached hydrogens (tertiary/aromatic N) is 1. The Bertz CT molecular complexity index is 1760. The van der Waals surface area contributed by atoms with Gasteiger partial charge in [-0.1, -0.05) is 78.9 Å². The quantitative estimate of drug-likeness (QED) is 0.289. The summed E-state index contributed by atoms with van der Waals surface area (Å²) in [5.74, 6) is 0. The largest absolute Gasteiger partial charge is 0.344 e. The van der Waals surface area contributed by atoms with Gasteiger partial charge >= 0.3 is 0 Å². The van der Waals surface area contributed by atoms with Gasteiger partial charge in [0, 0.05) is 44.8 Å². The summed E-state index contributed by atoms with van der Waals surface area (Å²) in [5, 5.41) is 7.72. The Kier molecular flexibility index (Phi) is 3.50. The second-order valence-electron chi connectivity index (χ2n) is 8.62. The summed E-state index contributed by atoms with van der Waals surface area (Å²) in [6.45, 7) is 0. The number of aromatic nitrogens is 1. The second-order valence-corrected chi connectivity index (χ2v) is 11.3. The summed E-state index contributed by atoms with van der Waals surface area (Å²) < 4.78 is 17.1. The Morgan fingerprint density at radius 2 is 1.22 bits per heavy atom. The number of hydrogen-bond acceptors (Lipinski definition) is 1. The van der Waals surface area contributed by atoms with Gasteiger partial charge in [-0.15, -0.1) is 0 Å². The smallest absolute Gasteiger partial charge is 0.172 e. The molecule has 0 saturated carbocycles. The lowest BCUT2D eigenvalue weighted by molar-refractivity contribution is 0.593. The first kappa shape index (κ1) is 18.0. The first-order chi connectivity index (χ1) is 15.7. The predicted molar refractivity (Wildman–Crippen MR) is 136 cm³/mol. The summed E-state index contributed by atoms with van der Waals surface area (Å²) in [5.41, 5.74) is 4.51.